The molecule has 0 aliphatic carbocycles. The van der Waals surface area contributed by atoms with Gasteiger partial charge in [-0.1, -0.05) is 24.3 Å². The van der Waals surface area contributed by atoms with Gasteiger partial charge in [0.05, 0.1) is 11.5 Å². The summed E-state index contributed by atoms with van der Waals surface area (Å²) in [4.78, 5) is 2.33. The van der Waals surface area contributed by atoms with E-state index < -0.39 is 34.0 Å². The van der Waals surface area contributed by atoms with Crippen LogP contribution in [0.5, 0.6) is 0 Å². The first-order valence-corrected chi connectivity index (χ1v) is 10.9. The van der Waals surface area contributed by atoms with Gasteiger partial charge in [-0.3, -0.25) is 0 Å². The standard InChI is InChI=1S/C19H21F3N2O4S2/c20-19(21,22)18(26,13-25)14-5-7-15(8-6-14)23-9-11-24(12-10-23)30(27,28)17-4-2-1-3-16(17)29/h1-8,25-26,29H,9-13H2/t18-/m0/s1. The van der Waals surface area contributed by atoms with E-state index in [0.29, 0.717) is 23.7 Å². The van der Waals surface area contributed by atoms with Crippen LogP contribution in [0.3, 0.4) is 0 Å². The summed E-state index contributed by atoms with van der Waals surface area (Å²) in [6.07, 6.45) is -5.02. The highest BCUT2D eigenvalue weighted by molar-refractivity contribution is 7.90. The maximum absolute atomic E-state index is 13.1. The van der Waals surface area contributed by atoms with E-state index in [1.807, 2.05) is 4.90 Å². The summed E-state index contributed by atoms with van der Waals surface area (Å²) in [5.74, 6) is 0. The molecular weight excluding hydrogens is 441 g/mol. The average molecular weight is 463 g/mol. The van der Waals surface area contributed by atoms with Gasteiger partial charge in [-0.15, -0.1) is 12.6 Å². The van der Waals surface area contributed by atoms with Crippen molar-refractivity contribution in [1.82, 2.24) is 4.31 Å². The first-order valence-electron chi connectivity index (χ1n) is 9.04. The van der Waals surface area contributed by atoms with Gasteiger partial charge in [-0.05, 0) is 29.8 Å². The van der Waals surface area contributed by atoms with E-state index in [1.165, 1.54) is 22.5 Å². The van der Waals surface area contributed by atoms with Crippen molar-refractivity contribution in [3.63, 3.8) is 0 Å². The van der Waals surface area contributed by atoms with E-state index in [0.717, 1.165) is 12.1 Å². The molecule has 0 spiro atoms. The third-order valence-electron chi connectivity index (χ3n) is 5.13. The zero-order chi connectivity index (χ0) is 22.2. The number of aliphatic hydroxyl groups is 2. The zero-order valence-corrected chi connectivity index (χ0v) is 17.5. The van der Waals surface area contributed by atoms with E-state index in [4.69, 9.17) is 5.11 Å². The van der Waals surface area contributed by atoms with Crippen LogP contribution >= 0.6 is 12.6 Å². The quantitative estimate of drug-likeness (QED) is 0.594. The topological polar surface area (TPSA) is 81.1 Å². The van der Waals surface area contributed by atoms with Gasteiger partial charge in [0.2, 0.25) is 15.6 Å². The van der Waals surface area contributed by atoms with Crippen LogP contribution in [0.2, 0.25) is 0 Å². The molecule has 0 aromatic heterocycles. The number of aliphatic hydroxyl groups excluding tert-OH is 1. The lowest BCUT2D eigenvalue weighted by atomic mass is 9.94. The minimum absolute atomic E-state index is 0.126. The van der Waals surface area contributed by atoms with Crippen LogP contribution in [-0.2, 0) is 15.6 Å². The first-order chi connectivity index (χ1) is 14.0. The van der Waals surface area contributed by atoms with Gasteiger partial charge in [0, 0.05) is 36.8 Å². The van der Waals surface area contributed by atoms with Crippen LogP contribution in [0.15, 0.2) is 58.3 Å². The molecule has 2 aromatic carbocycles. The summed E-state index contributed by atoms with van der Waals surface area (Å²) >= 11 is 4.21. The SMILES string of the molecule is O=S(=O)(c1ccccc1S)N1CCN(c2ccc([C@@](O)(CO)C(F)(F)F)cc2)CC1. The van der Waals surface area contributed by atoms with Crippen LogP contribution in [0.4, 0.5) is 18.9 Å². The fourth-order valence-electron chi connectivity index (χ4n) is 3.29. The van der Waals surface area contributed by atoms with Crippen molar-refractivity contribution in [2.24, 2.45) is 0 Å². The lowest BCUT2D eigenvalue weighted by molar-refractivity contribution is -0.277. The molecule has 1 saturated heterocycles. The molecule has 0 bridgehead atoms. The number of rotatable bonds is 5. The predicted molar refractivity (Wildman–Crippen MR) is 108 cm³/mol. The van der Waals surface area contributed by atoms with Crippen molar-refractivity contribution in [2.45, 2.75) is 21.6 Å². The Morgan fingerprint density at radius 1 is 0.967 bits per heavy atom. The molecule has 1 fully saturated rings. The van der Waals surface area contributed by atoms with Crippen LogP contribution in [-0.4, -0.2) is 61.9 Å². The summed E-state index contributed by atoms with van der Waals surface area (Å²) in [6, 6.07) is 11.5. The fourth-order valence-corrected chi connectivity index (χ4v) is 5.31. The second-order valence-corrected chi connectivity index (χ2v) is 9.31. The largest absolute Gasteiger partial charge is 0.423 e. The number of benzene rings is 2. The first kappa shape index (κ1) is 22.9. The van der Waals surface area contributed by atoms with Gasteiger partial charge in [-0.2, -0.15) is 17.5 Å². The Morgan fingerprint density at radius 3 is 2.03 bits per heavy atom. The third kappa shape index (κ3) is 4.17. The van der Waals surface area contributed by atoms with Crippen molar-refractivity contribution in [1.29, 1.82) is 0 Å². The number of halogens is 3. The second-order valence-electron chi connectivity index (χ2n) is 6.92. The van der Waals surface area contributed by atoms with Crippen molar-refractivity contribution < 1.29 is 31.8 Å². The van der Waals surface area contributed by atoms with Crippen LogP contribution in [0.1, 0.15) is 5.56 Å². The van der Waals surface area contributed by atoms with Crippen LogP contribution < -0.4 is 4.90 Å². The van der Waals surface area contributed by atoms with Gasteiger partial charge in [0.25, 0.3) is 0 Å². The second kappa shape index (κ2) is 8.39. The highest BCUT2D eigenvalue weighted by Gasteiger charge is 2.54. The highest BCUT2D eigenvalue weighted by Crippen LogP contribution is 2.39. The van der Waals surface area contributed by atoms with E-state index in [2.05, 4.69) is 12.6 Å². The minimum atomic E-state index is -5.02. The maximum Gasteiger partial charge on any atom is 0.423 e. The fraction of sp³-hybridized carbons (Fsp3) is 0.368. The van der Waals surface area contributed by atoms with Crippen LogP contribution in [0.25, 0.3) is 0 Å². The van der Waals surface area contributed by atoms with Crippen molar-refractivity contribution in [3.05, 3.63) is 54.1 Å². The molecule has 0 unspecified atom stereocenters. The molecule has 1 aliphatic heterocycles. The lowest BCUT2D eigenvalue weighted by Crippen LogP contribution is -2.48. The Morgan fingerprint density at radius 2 is 1.53 bits per heavy atom. The molecule has 1 aliphatic rings. The summed E-state index contributed by atoms with van der Waals surface area (Å²) in [6.45, 7) is -0.392. The minimum Gasteiger partial charge on any atom is -0.393 e. The van der Waals surface area contributed by atoms with Gasteiger partial charge >= 0.3 is 6.18 Å². The normalized spacial score (nSPS) is 18.3. The molecule has 30 heavy (non-hydrogen) atoms. The number of alkyl halides is 3. The third-order valence-corrected chi connectivity index (χ3v) is 7.63. The molecule has 11 heteroatoms. The molecule has 2 aromatic rings. The van der Waals surface area contributed by atoms with E-state index in [9.17, 15) is 26.7 Å². The van der Waals surface area contributed by atoms with Gasteiger partial charge < -0.3 is 15.1 Å². The summed E-state index contributed by atoms with van der Waals surface area (Å²) in [5, 5.41) is 18.9. The maximum atomic E-state index is 13.1. The lowest BCUT2D eigenvalue weighted by Gasteiger charge is -2.36. The molecule has 0 radical (unpaired) electrons. The zero-order valence-electron chi connectivity index (χ0n) is 15.7. The Kier molecular flexibility index (Phi) is 6.40. The molecule has 0 saturated carbocycles. The molecule has 6 nitrogen and oxygen atoms in total. The number of nitrogens with zero attached hydrogens (tertiary/aromatic N) is 2. The Hall–Kier alpha value is -1.79. The van der Waals surface area contributed by atoms with Crippen LogP contribution in [0, 0.1) is 0 Å². The molecule has 0 amide bonds. The van der Waals surface area contributed by atoms with Gasteiger partial charge in [0.1, 0.15) is 0 Å². The number of hydrogen-bond donors (Lipinski definition) is 3. The number of hydrogen-bond acceptors (Lipinski definition) is 6. The molecule has 3 rings (SSSR count). The Bertz CT molecular complexity index is 992. The number of anilines is 1. The Labute approximate surface area is 178 Å². The molecule has 1 heterocycles. The van der Waals surface area contributed by atoms with Crippen molar-refractivity contribution >= 4 is 28.3 Å². The predicted octanol–water partition coefficient (Wildman–Crippen LogP) is 2.23. The van der Waals surface area contributed by atoms with Crippen molar-refractivity contribution in [2.75, 3.05) is 37.7 Å². The van der Waals surface area contributed by atoms with Gasteiger partial charge in [-0.25, -0.2) is 8.42 Å². The van der Waals surface area contributed by atoms with Gasteiger partial charge in [0.15, 0.2) is 0 Å². The molecular formula is C19H21F3N2O4S2. The molecule has 2 N–H and O–H groups in total. The summed E-state index contributed by atoms with van der Waals surface area (Å²) < 4.78 is 66.3. The number of thiol groups is 1. The summed E-state index contributed by atoms with van der Waals surface area (Å²) in [5.41, 5.74) is -3.21. The van der Waals surface area contributed by atoms with E-state index >= 15 is 0 Å². The van der Waals surface area contributed by atoms with E-state index in [1.54, 1.807) is 18.2 Å². The van der Waals surface area contributed by atoms with E-state index in [-0.39, 0.29) is 18.0 Å². The van der Waals surface area contributed by atoms with Crippen molar-refractivity contribution in [3.8, 4) is 0 Å². The molecule has 164 valence electrons. The Balaban J connectivity index is 1.72. The average Bonchev–Trinajstić information content (AvgIpc) is 2.72. The summed E-state index contributed by atoms with van der Waals surface area (Å²) in [7, 11) is -3.70. The highest BCUT2D eigenvalue weighted by atomic mass is 32.2. The monoisotopic (exact) mass is 462 g/mol. The molecule has 1 atom stereocenters. The number of piperazine rings is 1. The number of sulfonamides is 1. The smallest absolute Gasteiger partial charge is 0.393 e.